The molecule has 0 bridgehead atoms. The number of nitrogens with one attached hydrogen (secondary N) is 1. The molecule has 0 aliphatic heterocycles. The molecule has 0 radical (unpaired) electrons. The van der Waals surface area contributed by atoms with Crippen LogP contribution in [0.1, 0.15) is 52.9 Å². The Morgan fingerprint density at radius 2 is 1.79 bits per heavy atom. The zero-order chi connectivity index (χ0) is 14.7. The summed E-state index contributed by atoms with van der Waals surface area (Å²) in [4.78, 5) is 11.1. The largest absolute Gasteiger partial charge is 0.480 e. The smallest absolute Gasteiger partial charge is 0.321 e. The molecular weight excluding hydrogens is 266 g/mol. The third-order valence-electron chi connectivity index (χ3n) is 3.84. The Bertz CT molecular complexity index is 410. The Morgan fingerprint density at radius 1 is 1.26 bits per heavy atom. The van der Waals surface area contributed by atoms with Crippen LogP contribution in [-0.2, 0) is 14.8 Å². The highest BCUT2D eigenvalue weighted by molar-refractivity contribution is 7.89. The van der Waals surface area contributed by atoms with E-state index in [9.17, 15) is 13.2 Å². The van der Waals surface area contributed by atoms with Crippen molar-refractivity contribution < 1.29 is 18.3 Å². The first-order valence-electron chi connectivity index (χ1n) is 6.88. The van der Waals surface area contributed by atoms with Crippen LogP contribution in [-0.4, -0.2) is 31.3 Å². The molecule has 19 heavy (non-hydrogen) atoms. The van der Waals surface area contributed by atoms with Gasteiger partial charge in [-0.15, -0.1) is 0 Å². The molecule has 1 saturated carbocycles. The SMILES string of the molecule is CC(C)[C@H](NS(=O)(=O)CC1(C)CCCCC1)C(=O)O. The van der Waals surface area contributed by atoms with E-state index in [0.29, 0.717) is 0 Å². The van der Waals surface area contributed by atoms with Crippen LogP contribution in [0.3, 0.4) is 0 Å². The van der Waals surface area contributed by atoms with Crippen molar-refractivity contribution >= 4 is 16.0 Å². The zero-order valence-corrected chi connectivity index (χ0v) is 12.8. The Labute approximate surface area is 115 Å². The van der Waals surface area contributed by atoms with Gasteiger partial charge in [-0.1, -0.05) is 40.0 Å². The van der Waals surface area contributed by atoms with Gasteiger partial charge in [0.1, 0.15) is 6.04 Å². The van der Waals surface area contributed by atoms with Gasteiger partial charge in [-0.05, 0) is 24.2 Å². The van der Waals surface area contributed by atoms with Gasteiger partial charge in [0, 0.05) is 0 Å². The Kier molecular flexibility index (Phi) is 5.38. The van der Waals surface area contributed by atoms with Gasteiger partial charge in [0.05, 0.1) is 5.75 Å². The summed E-state index contributed by atoms with van der Waals surface area (Å²) in [5.41, 5.74) is -0.218. The quantitative estimate of drug-likeness (QED) is 0.784. The predicted molar refractivity (Wildman–Crippen MR) is 74.4 cm³/mol. The number of carboxylic acid groups (broad SMARTS) is 1. The molecule has 0 heterocycles. The molecule has 0 spiro atoms. The van der Waals surface area contributed by atoms with E-state index in [1.807, 2.05) is 6.92 Å². The van der Waals surface area contributed by atoms with Gasteiger partial charge in [-0.2, -0.15) is 0 Å². The molecule has 1 aliphatic rings. The number of hydrogen-bond donors (Lipinski definition) is 2. The molecule has 0 aromatic heterocycles. The summed E-state index contributed by atoms with van der Waals surface area (Å²) in [6, 6.07) is -1.04. The molecule has 1 rings (SSSR count). The third kappa shape index (κ3) is 5.10. The summed E-state index contributed by atoms with van der Waals surface area (Å²) in [5.74, 6) is -1.37. The van der Waals surface area contributed by atoms with Crippen molar-refractivity contribution in [3.05, 3.63) is 0 Å². The number of carboxylic acids is 1. The van der Waals surface area contributed by atoms with Crippen molar-refractivity contribution in [3.63, 3.8) is 0 Å². The van der Waals surface area contributed by atoms with Gasteiger partial charge >= 0.3 is 5.97 Å². The molecule has 0 aromatic rings. The van der Waals surface area contributed by atoms with Crippen molar-refractivity contribution in [1.82, 2.24) is 4.72 Å². The molecule has 0 aromatic carbocycles. The number of hydrogen-bond acceptors (Lipinski definition) is 3. The van der Waals surface area contributed by atoms with Crippen LogP contribution in [0.15, 0.2) is 0 Å². The van der Waals surface area contributed by atoms with E-state index in [1.54, 1.807) is 13.8 Å². The van der Waals surface area contributed by atoms with Crippen LogP contribution in [0, 0.1) is 11.3 Å². The molecule has 5 nitrogen and oxygen atoms in total. The van der Waals surface area contributed by atoms with Crippen LogP contribution in [0.2, 0.25) is 0 Å². The lowest BCUT2D eigenvalue weighted by Crippen LogP contribution is -2.47. The molecular formula is C13H25NO4S. The number of rotatable bonds is 6. The number of sulfonamides is 1. The Balaban J connectivity index is 2.72. The van der Waals surface area contributed by atoms with Gasteiger partial charge in [-0.25, -0.2) is 13.1 Å². The van der Waals surface area contributed by atoms with Gasteiger partial charge in [0.15, 0.2) is 0 Å². The molecule has 1 atom stereocenters. The molecule has 6 heteroatoms. The maximum atomic E-state index is 12.1. The highest BCUT2D eigenvalue weighted by atomic mass is 32.2. The average molecular weight is 291 g/mol. The summed E-state index contributed by atoms with van der Waals surface area (Å²) in [6.45, 7) is 5.38. The predicted octanol–water partition coefficient (Wildman–Crippen LogP) is 1.99. The van der Waals surface area contributed by atoms with Crippen LogP contribution in [0.5, 0.6) is 0 Å². The summed E-state index contributed by atoms with van der Waals surface area (Å²) in [5, 5.41) is 9.05. The number of carbonyl (C=O) groups is 1. The van der Waals surface area contributed by atoms with Crippen molar-refractivity contribution in [1.29, 1.82) is 0 Å². The van der Waals surface area contributed by atoms with E-state index in [0.717, 1.165) is 32.1 Å². The normalized spacial score (nSPS) is 21.3. The highest BCUT2D eigenvalue weighted by Crippen LogP contribution is 2.36. The molecule has 112 valence electrons. The lowest BCUT2D eigenvalue weighted by molar-refractivity contribution is -0.140. The maximum Gasteiger partial charge on any atom is 0.321 e. The van der Waals surface area contributed by atoms with Crippen LogP contribution < -0.4 is 4.72 Å². The molecule has 0 amide bonds. The van der Waals surface area contributed by atoms with E-state index < -0.39 is 22.0 Å². The highest BCUT2D eigenvalue weighted by Gasteiger charge is 2.35. The van der Waals surface area contributed by atoms with E-state index in [4.69, 9.17) is 5.11 Å². The van der Waals surface area contributed by atoms with E-state index in [2.05, 4.69) is 4.72 Å². The van der Waals surface area contributed by atoms with Crippen LogP contribution in [0.25, 0.3) is 0 Å². The lowest BCUT2D eigenvalue weighted by atomic mass is 9.77. The van der Waals surface area contributed by atoms with Crippen molar-refractivity contribution in [2.75, 3.05) is 5.75 Å². The standard InChI is InChI=1S/C13H25NO4S/c1-10(2)11(12(15)16)14-19(17,18)9-13(3)7-5-4-6-8-13/h10-11,14H,4-9H2,1-3H3,(H,15,16)/t11-/m0/s1. The van der Waals surface area contributed by atoms with Crippen LogP contribution >= 0.6 is 0 Å². The van der Waals surface area contributed by atoms with Gasteiger partial charge in [0.25, 0.3) is 0 Å². The number of aliphatic carboxylic acids is 1. The van der Waals surface area contributed by atoms with Crippen LogP contribution in [0.4, 0.5) is 0 Å². The zero-order valence-electron chi connectivity index (χ0n) is 12.0. The fraction of sp³-hybridized carbons (Fsp3) is 0.923. The molecule has 0 unspecified atom stereocenters. The summed E-state index contributed by atoms with van der Waals surface area (Å²) in [7, 11) is -3.56. The minimum absolute atomic E-state index is 0.0243. The minimum atomic E-state index is -3.56. The van der Waals surface area contributed by atoms with Crippen molar-refractivity contribution in [3.8, 4) is 0 Å². The fourth-order valence-corrected chi connectivity index (χ4v) is 4.76. The molecule has 1 fully saturated rings. The van der Waals surface area contributed by atoms with E-state index in [1.165, 1.54) is 0 Å². The summed E-state index contributed by atoms with van der Waals surface area (Å²) in [6.07, 6.45) is 5.06. The fourth-order valence-electron chi connectivity index (χ4n) is 2.72. The first kappa shape index (κ1) is 16.4. The Morgan fingerprint density at radius 3 is 2.21 bits per heavy atom. The van der Waals surface area contributed by atoms with Crippen molar-refractivity contribution in [2.45, 2.75) is 58.9 Å². The van der Waals surface area contributed by atoms with E-state index >= 15 is 0 Å². The molecule has 1 aliphatic carbocycles. The third-order valence-corrected chi connectivity index (χ3v) is 5.53. The van der Waals surface area contributed by atoms with Crippen molar-refractivity contribution in [2.24, 2.45) is 11.3 Å². The van der Waals surface area contributed by atoms with Gasteiger partial charge in [0.2, 0.25) is 10.0 Å². The second kappa shape index (κ2) is 6.22. The summed E-state index contributed by atoms with van der Waals surface area (Å²) >= 11 is 0. The first-order chi connectivity index (χ1) is 8.65. The molecule has 2 N–H and O–H groups in total. The minimum Gasteiger partial charge on any atom is -0.480 e. The van der Waals surface area contributed by atoms with E-state index in [-0.39, 0.29) is 17.1 Å². The monoisotopic (exact) mass is 291 g/mol. The lowest BCUT2D eigenvalue weighted by Gasteiger charge is -2.33. The summed E-state index contributed by atoms with van der Waals surface area (Å²) < 4.78 is 26.6. The maximum absolute atomic E-state index is 12.1. The topological polar surface area (TPSA) is 83.5 Å². The van der Waals surface area contributed by atoms with Gasteiger partial charge in [-0.3, -0.25) is 4.79 Å². The first-order valence-corrected chi connectivity index (χ1v) is 8.53. The second-order valence-corrected chi connectivity index (χ2v) is 8.06. The average Bonchev–Trinajstić information content (AvgIpc) is 2.24. The second-order valence-electron chi connectivity index (χ2n) is 6.31. The Hall–Kier alpha value is -0.620. The van der Waals surface area contributed by atoms with Gasteiger partial charge < -0.3 is 5.11 Å². The molecule has 0 saturated heterocycles.